The molecule has 0 bridgehead atoms. The predicted octanol–water partition coefficient (Wildman–Crippen LogP) is 2.14. The van der Waals surface area contributed by atoms with Crippen molar-refractivity contribution >= 4 is 5.97 Å². The molecular formula is C14H32O5. The zero-order chi connectivity index (χ0) is 15.5. The van der Waals surface area contributed by atoms with Crippen molar-refractivity contribution in [1.29, 1.82) is 0 Å². The summed E-state index contributed by atoms with van der Waals surface area (Å²) in [5.74, 6) is -0.0940. The van der Waals surface area contributed by atoms with Crippen molar-refractivity contribution in [3.63, 3.8) is 0 Å². The molecule has 5 nitrogen and oxygen atoms in total. The molecule has 0 aliphatic rings. The Morgan fingerprint density at radius 1 is 1.16 bits per heavy atom. The maximum absolute atomic E-state index is 10.5. The van der Waals surface area contributed by atoms with Crippen LogP contribution in [0.15, 0.2) is 0 Å². The summed E-state index contributed by atoms with van der Waals surface area (Å²) < 4.78 is 9.63. The lowest BCUT2D eigenvalue weighted by molar-refractivity contribution is -0.143. The summed E-state index contributed by atoms with van der Waals surface area (Å²) in [7, 11) is 0. The van der Waals surface area contributed by atoms with E-state index in [2.05, 4.69) is 6.92 Å². The normalized spacial score (nSPS) is 10.5. The van der Waals surface area contributed by atoms with Gasteiger partial charge in [0.1, 0.15) is 0 Å². The van der Waals surface area contributed by atoms with Gasteiger partial charge in [-0.15, -0.1) is 0 Å². The first-order chi connectivity index (χ1) is 8.99. The summed E-state index contributed by atoms with van der Waals surface area (Å²) in [5, 5.41) is 16.0. The molecule has 0 aliphatic carbocycles. The first-order valence-corrected chi connectivity index (χ1v) is 7.02. The molecule has 0 aromatic heterocycles. The maximum Gasteiger partial charge on any atom is 0.305 e. The van der Waals surface area contributed by atoms with Gasteiger partial charge in [0.05, 0.1) is 19.3 Å². The van der Waals surface area contributed by atoms with Gasteiger partial charge in [0.2, 0.25) is 0 Å². The van der Waals surface area contributed by atoms with Crippen LogP contribution >= 0.6 is 0 Å². The van der Waals surface area contributed by atoms with E-state index < -0.39 is 6.10 Å². The number of unbranched alkanes of at least 4 members (excludes halogenated alkanes) is 1. The summed E-state index contributed by atoms with van der Waals surface area (Å²) in [6, 6.07) is 0. The van der Waals surface area contributed by atoms with Gasteiger partial charge in [0, 0.05) is 19.6 Å². The third-order valence-corrected chi connectivity index (χ3v) is 1.72. The molecule has 0 aromatic rings. The number of carbonyl (C=O) groups excluding carboxylic acids is 1. The molecule has 0 spiro atoms. The molecule has 5 heteroatoms. The molecule has 19 heavy (non-hydrogen) atoms. The Labute approximate surface area is 117 Å². The lowest BCUT2D eigenvalue weighted by atomic mass is 10.4. The van der Waals surface area contributed by atoms with Gasteiger partial charge in [-0.1, -0.05) is 20.3 Å². The van der Waals surface area contributed by atoms with Crippen molar-refractivity contribution in [2.24, 2.45) is 0 Å². The summed E-state index contributed by atoms with van der Waals surface area (Å²) >= 11 is 0. The van der Waals surface area contributed by atoms with E-state index in [0.29, 0.717) is 13.0 Å². The molecule has 0 heterocycles. The summed E-state index contributed by atoms with van der Waals surface area (Å²) in [4.78, 5) is 10.5. The number of aliphatic hydroxyl groups is 2. The summed E-state index contributed by atoms with van der Waals surface area (Å²) in [6.45, 7) is 11.5. The Kier molecular flexibility index (Phi) is 27.8. The second kappa shape index (κ2) is 22.5. The summed E-state index contributed by atoms with van der Waals surface area (Å²) in [6.07, 6.45) is 1.99. The number of rotatable bonds is 7. The zero-order valence-corrected chi connectivity index (χ0v) is 13.1. The molecule has 118 valence electrons. The SMILES string of the molecule is CC(O)CO.CCCCOC(=O)CC.CCOCC. The van der Waals surface area contributed by atoms with E-state index in [0.717, 1.165) is 26.1 Å². The van der Waals surface area contributed by atoms with Gasteiger partial charge >= 0.3 is 5.97 Å². The zero-order valence-electron chi connectivity index (χ0n) is 13.1. The number of hydrogen-bond acceptors (Lipinski definition) is 5. The van der Waals surface area contributed by atoms with E-state index in [1.807, 2.05) is 13.8 Å². The maximum atomic E-state index is 10.5. The second-order valence-corrected chi connectivity index (χ2v) is 3.74. The Bertz CT molecular complexity index is 158. The Morgan fingerprint density at radius 3 is 1.84 bits per heavy atom. The van der Waals surface area contributed by atoms with Gasteiger partial charge in [-0.3, -0.25) is 4.79 Å². The Hall–Kier alpha value is -0.650. The second-order valence-electron chi connectivity index (χ2n) is 3.74. The minimum Gasteiger partial charge on any atom is -0.466 e. The third-order valence-electron chi connectivity index (χ3n) is 1.72. The number of aliphatic hydroxyl groups excluding tert-OH is 2. The highest BCUT2D eigenvalue weighted by Gasteiger charge is 1.94. The molecule has 2 N–H and O–H groups in total. The third kappa shape index (κ3) is 38.2. The molecule has 1 unspecified atom stereocenters. The fraction of sp³-hybridized carbons (Fsp3) is 0.929. The van der Waals surface area contributed by atoms with E-state index >= 15 is 0 Å². The van der Waals surface area contributed by atoms with Crippen LogP contribution in [-0.4, -0.2) is 48.7 Å². The molecule has 1 atom stereocenters. The number of hydrogen-bond donors (Lipinski definition) is 2. The molecule has 0 aliphatic heterocycles. The first-order valence-electron chi connectivity index (χ1n) is 7.02. The van der Waals surface area contributed by atoms with E-state index in [-0.39, 0.29) is 12.6 Å². The summed E-state index contributed by atoms with van der Waals surface area (Å²) in [5.41, 5.74) is 0. The van der Waals surface area contributed by atoms with Gasteiger partial charge in [0.15, 0.2) is 0 Å². The van der Waals surface area contributed by atoms with Crippen LogP contribution in [0.3, 0.4) is 0 Å². The molecule has 0 saturated carbocycles. The minimum absolute atomic E-state index is 0.0940. The van der Waals surface area contributed by atoms with Crippen LogP contribution in [0.1, 0.15) is 53.9 Å². The first kappa shape index (κ1) is 23.4. The van der Waals surface area contributed by atoms with Crippen LogP contribution < -0.4 is 0 Å². The minimum atomic E-state index is -0.560. The average molecular weight is 280 g/mol. The Morgan fingerprint density at radius 2 is 1.63 bits per heavy atom. The van der Waals surface area contributed by atoms with Crippen molar-refractivity contribution in [2.45, 2.75) is 60.0 Å². The molecule has 0 rings (SSSR count). The standard InChI is InChI=1S/C7H14O2.C4H10O.C3H8O2/c1-3-5-6-9-7(8)4-2;1-3-5-4-2;1-3(5)2-4/h3-6H2,1-2H3;3-4H2,1-2H3;3-5H,2H2,1H3. The highest BCUT2D eigenvalue weighted by Crippen LogP contribution is 1.90. The molecule has 0 radical (unpaired) electrons. The number of esters is 1. The van der Waals surface area contributed by atoms with Gasteiger partial charge in [0.25, 0.3) is 0 Å². The van der Waals surface area contributed by atoms with Crippen LogP contribution in [0.5, 0.6) is 0 Å². The van der Waals surface area contributed by atoms with Crippen LogP contribution in [-0.2, 0) is 14.3 Å². The molecule has 0 fully saturated rings. The van der Waals surface area contributed by atoms with E-state index in [1.54, 1.807) is 6.92 Å². The largest absolute Gasteiger partial charge is 0.466 e. The van der Waals surface area contributed by atoms with E-state index in [9.17, 15) is 4.79 Å². The van der Waals surface area contributed by atoms with Crippen LogP contribution in [0.4, 0.5) is 0 Å². The van der Waals surface area contributed by atoms with E-state index in [1.165, 1.54) is 6.92 Å². The number of ether oxygens (including phenoxy) is 2. The molecule has 0 saturated heterocycles. The van der Waals surface area contributed by atoms with Crippen LogP contribution in [0.25, 0.3) is 0 Å². The lowest BCUT2D eigenvalue weighted by Crippen LogP contribution is -2.03. The van der Waals surface area contributed by atoms with Crippen LogP contribution in [0.2, 0.25) is 0 Å². The molecular weight excluding hydrogens is 248 g/mol. The lowest BCUT2D eigenvalue weighted by Gasteiger charge is -1.99. The van der Waals surface area contributed by atoms with Crippen molar-refractivity contribution < 1.29 is 24.5 Å². The molecule has 0 amide bonds. The van der Waals surface area contributed by atoms with Gasteiger partial charge in [-0.05, 0) is 27.2 Å². The van der Waals surface area contributed by atoms with Gasteiger partial charge in [-0.2, -0.15) is 0 Å². The van der Waals surface area contributed by atoms with Crippen LogP contribution in [0, 0.1) is 0 Å². The quantitative estimate of drug-likeness (QED) is 0.552. The predicted molar refractivity (Wildman–Crippen MR) is 77.1 cm³/mol. The van der Waals surface area contributed by atoms with E-state index in [4.69, 9.17) is 19.7 Å². The van der Waals surface area contributed by atoms with Crippen molar-refractivity contribution in [3.05, 3.63) is 0 Å². The smallest absolute Gasteiger partial charge is 0.305 e. The molecule has 0 aromatic carbocycles. The topological polar surface area (TPSA) is 76.0 Å². The fourth-order valence-electron chi connectivity index (χ4n) is 0.637. The van der Waals surface area contributed by atoms with Gasteiger partial charge < -0.3 is 19.7 Å². The highest BCUT2D eigenvalue weighted by atomic mass is 16.5. The average Bonchev–Trinajstić information content (AvgIpc) is 2.41. The van der Waals surface area contributed by atoms with Crippen molar-refractivity contribution in [3.8, 4) is 0 Å². The fourth-order valence-corrected chi connectivity index (χ4v) is 0.637. The number of carbonyl (C=O) groups is 1. The monoisotopic (exact) mass is 280 g/mol. The van der Waals surface area contributed by atoms with Crippen molar-refractivity contribution in [1.82, 2.24) is 0 Å². The Balaban J connectivity index is -0.000000219. The highest BCUT2D eigenvalue weighted by molar-refractivity contribution is 5.68. The van der Waals surface area contributed by atoms with Gasteiger partial charge in [-0.25, -0.2) is 0 Å². The van der Waals surface area contributed by atoms with Crippen molar-refractivity contribution in [2.75, 3.05) is 26.4 Å².